The fourth-order valence-corrected chi connectivity index (χ4v) is 2.39. The zero-order chi connectivity index (χ0) is 11.4. The molecule has 0 unspecified atom stereocenters. The van der Waals surface area contributed by atoms with Gasteiger partial charge in [-0.1, -0.05) is 6.07 Å². The Morgan fingerprint density at radius 3 is 3.06 bits per heavy atom. The normalized spacial score (nSPS) is 10.8. The Labute approximate surface area is 101 Å². The predicted octanol–water partition coefficient (Wildman–Crippen LogP) is 3.16. The summed E-state index contributed by atoms with van der Waals surface area (Å²) in [5.41, 5.74) is 0. The van der Waals surface area contributed by atoms with E-state index in [1.54, 1.807) is 23.6 Å². The SMILES string of the molecule is Cc1cnc(NC(=O)C=Cc2cccs2)s1. The van der Waals surface area contributed by atoms with Crippen LogP contribution < -0.4 is 5.32 Å². The van der Waals surface area contributed by atoms with Crippen LogP contribution in [0.2, 0.25) is 0 Å². The maximum absolute atomic E-state index is 11.5. The van der Waals surface area contributed by atoms with Crippen molar-refractivity contribution in [3.63, 3.8) is 0 Å². The van der Waals surface area contributed by atoms with Crippen molar-refractivity contribution in [3.05, 3.63) is 39.5 Å². The van der Waals surface area contributed by atoms with Crippen LogP contribution >= 0.6 is 22.7 Å². The van der Waals surface area contributed by atoms with Crippen LogP contribution in [0.3, 0.4) is 0 Å². The quantitative estimate of drug-likeness (QED) is 0.850. The van der Waals surface area contributed by atoms with Gasteiger partial charge in [0.05, 0.1) is 0 Å². The molecule has 5 heteroatoms. The number of carbonyl (C=O) groups is 1. The highest BCUT2D eigenvalue weighted by atomic mass is 32.1. The number of hydrogen-bond acceptors (Lipinski definition) is 4. The highest BCUT2D eigenvalue weighted by molar-refractivity contribution is 7.15. The van der Waals surface area contributed by atoms with Gasteiger partial charge in [0.15, 0.2) is 5.13 Å². The molecule has 0 fully saturated rings. The van der Waals surface area contributed by atoms with Gasteiger partial charge < -0.3 is 0 Å². The third kappa shape index (κ3) is 3.01. The van der Waals surface area contributed by atoms with Gasteiger partial charge in [0.1, 0.15) is 0 Å². The molecule has 1 amide bonds. The molecule has 0 aliphatic carbocycles. The first-order valence-corrected chi connectivity index (χ1v) is 6.38. The minimum absolute atomic E-state index is 0.150. The Morgan fingerprint density at radius 1 is 1.56 bits per heavy atom. The summed E-state index contributed by atoms with van der Waals surface area (Å²) in [4.78, 5) is 17.7. The molecule has 2 rings (SSSR count). The minimum Gasteiger partial charge on any atom is -0.298 e. The van der Waals surface area contributed by atoms with E-state index in [0.29, 0.717) is 5.13 Å². The van der Waals surface area contributed by atoms with Gasteiger partial charge in [-0.05, 0) is 24.4 Å². The van der Waals surface area contributed by atoms with Crippen LogP contribution in [0.25, 0.3) is 6.08 Å². The zero-order valence-electron chi connectivity index (χ0n) is 8.64. The van der Waals surface area contributed by atoms with E-state index in [1.807, 2.05) is 24.4 Å². The predicted molar refractivity (Wildman–Crippen MR) is 68.8 cm³/mol. The third-order valence-electron chi connectivity index (χ3n) is 1.79. The van der Waals surface area contributed by atoms with Crippen molar-refractivity contribution in [2.75, 3.05) is 5.32 Å². The molecule has 2 heterocycles. The molecule has 0 spiro atoms. The zero-order valence-corrected chi connectivity index (χ0v) is 10.3. The van der Waals surface area contributed by atoms with Crippen LogP contribution in [0.15, 0.2) is 29.8 Å². The molecule has 0 saturated heterocycles. The van der Waals surface area contributed by atoms with Gasteiger partial charge in [0.25, 0.3) is 0 Å². The van der Waals surface area contributed by atoms with E-state index in [2.05, 4.69) is 10.3 Å². The van der Waals surface area contributed by atoms with Crippen LogP contribution in [-0.2, 0) is 4.79 Å². The van der Waals surface area contributed by atoms with E-state index < -0.39 is 0 Å². The Kier molecular flexibility index (Phi) is 3.48. The second kappa shape index (κ2) is 5.05. The molecule has 82 valence electrons. The maximum Gasteiger partial charge on any atom is 0.250 e. The summed E-state index contributed by atoms with van der Waals surface area (Å²) in [5, 5.41) is 5.32. The first kappa shape index (κ1) is 11.0. The van der Waals surface area contributed by atoms with Gasteiger partial charge in [0, 0.05) is 22.0 Å². The number of nitrogens with one attached hydrogen (secondary N) is 1. The lowest BCUT2D eigenvalue weighted by atomic mass is 10.4. The van der Waals surface area contributed by atoms with E-state index in [-0.39, 0.29) is 5.91 Å². The summed E-state index contributed by atoms with van der Waals surface area (Å²) in [6.07, 6.45) is 5.05. The number of thiazole rings is 1. The molecule has 0 atom stereocenters. The maximum atomic E-state index is 11.5. The summed E-state index contributed by atoms with van der Waals surface area (Å²) in [7, 11) is 0. The monoisotopic (exact) mass is 250 g/mol. The third-order valence-corrected chi connectivity index (χ3v) is 3.46. The number of aryl methyl sites for hydroxylation is 1. The average molecular weight is 250 g/mol. The van der Waals surface area contributed by atoms with E-state index in [9.17, 15) is 4.79 Å². The van der Waals surface area contributed by atoms with Gasteiger partial charge in [0.2, 0.25) is 5.91 Å². The van der Waals surface area contributed by atoms with Gasteiger partial charge >= 0.3 is 0 Å². The number of hydrogen-bond donors (Lipinski definition) is 1. The molecule has 0 aliphatic rings. The van der Waals surface area contributed by atoms with E-state index in [4.69, 9.17) is 0 Å². The van der Waals surface area contributed by atoms with Crippen molar-refractivity contribution < 1.29 is 4.79 Å². The topological polar surface area (TPSA) is 42.0 Å². The van der Waals surface area contributed by atoms with Crippen molar-refractivity contribution in [1.29, 1.82) is 0 Å². The number of rotatable bonds is 3. The number of carbonyl (C=O) groups excluding carboxylic acids is 1. The van der Waals surface area contributed by atoms with Crippen LogP contribution in [0.4, 0.5) is 5.13 Å². The van der Waals surface area contributed by atoms with E-state index in [1.165, 1.54) is 17.4 Å². The van der Waals surface area contributed by atoms with E-state index >= 15 is 0 Å². The Balaban J connectivity index is 1.94. The number of anilines is 1. The molecular formula is C11H10N2OS2. The Morgan fingerprint density at radius 2 is 2.44 bits per heavy atom. The molecule has 0 aromatic carbocycles. The number of thiophene rings is 1. The van der Waals surface area contributed by atoms with Crippen LogP contribution in [0, 0.1) is 6.92 Å². The van der Waals surface area contributed by atoms with Crippen molar-refractivity contribution in [3.8, 4) is 0 Å². The summed E-state index contributed by atoms with van der Waals surface area (Å²) >= 11 is 3.06. The van der Waals surface area contributed by atoms with Crippen LogP contribution in [0.1, 0.15) is 9.75 Å². The lowest BCUT2D eigenvalue weighted by Gasteiger charge is -1.94. The average Bonchev–Trinajstić information content (AvgIpc) is 2.87. The number of nitrogens with zero attached hydrogens (tertiary/aromatic N) is 1. The van der Waals surface area contributed by atoms with Gasteiger partial charge in [-0.25, -0.2) is 4.98 Å². The second-order valence-corrected chi connectivity index (χ2v) is 5.33. The highest BCUT2D eigenvalue weighted by Crippen LogP contribution is 2.16. The first-order chi connectivity index (χ1) is 7.74. The lowest BCUT2D eigenvalue weighted by Crippen LogP contribution is -2.06. The van der Waals surface area contributed by atoms with Crippen LogP contribution in [0.5, 0.6) is 0 Å². The van der Waals surface area contributed by atoms with Gasteiger partial charge in [-0.3, -0.25) is 10.1 Å². The molecule has 2 aromatic rings. The summed E-state index contributed by atoms with van der Waals surface area (Å²) < 4.78 is 0. The van der Waals surface area contributed by atoms with Crippen LogP contribution in [-0.4, -0.2) is 10.9 Å². The molecule has 2 aromatic heterocycles. The molecule has 0 aliphatic heterocycles. The van der Waals surface area contributed by atoms with Crippen molar-refractivity contribution in [2.24, 2.45) is 0 Å². The lowest BCUT2D eigenvalue weighted by molar-refractivity contribution is -0.111. The van der Waals surface area contributed by atoms with E-state index in [0.717, 1.165) is 9.75 Å². The molecule has 1 N–H and O–H groups in total. The summed E-state index contributed by atoms with van der Waals surface area (Å²) in [6, 6.07) is 3.91. The Hall–Kier alpha value is -1.46. The minimum atomic E-state index is -0.150. The molecule has 0 bridgehead atoms. The number of amides is 1. The highest BCUT2D eigenvalue weighted by Gasteiger charge is 2.01. The van der Waals surface area contributed by atoms with Crippen molar-refractivity contribution in [2.45, 2.75) is 6.92 Å². The number of aromatic nitrogens is 1. The standard InChI is InChI=1S/C11H10N2OS2/c1-8-7-12-11(16-8)13-10(14)5-4-9-3-2-6-15-9/h2-7H,1H3,(H,12,13,14). The molecule has 0 saturated carbocycles. The summed E-state index contributed by atoms with van der Waals surface area (Å²) in [5.74, 6) is -0.150. The fourth-order valence-electron chi connectivity index (χ4n) is 1.10. The smallest absolute Gasteiger partial charge is 0.250 e. The van der Waals surface area contributed by atoms with Crippen molar-refractivity contribution in [1.82, 2.24) is 4.98 Å². The largest absolute Gasteiger partial charge is 0.298 e. The Bertz CT molecular complexity index is 500. The molecular weight excluding hydrogens is 240 g/mol. The second-order valence-electron chi connectivity index (χ2n) is 3.11. The molecule has 0 radical (unpaired) electrons. The van der Waals surface area contributed by atoms with Crippen molar-refractivity contribution >= 4 is 39.8 Å². The molecule has 16 heavy (non-hydrogen) atoms. The molecule has 3 nitrogen and oxygen atoms in total. The van der Waals surface area contributed by atoms with Gasteiger partial charge in [-0.15, -0.1) is 22.7 Å². The fraction of sp³-hybridized carbons (Fsp3) is 0.0909. The summed E-state index contributed by atoms with van der Waals surface area (Å²) in [6.45, 7) is 1.95. The first-order valence-electron chi connectivity index (χ1n) is 4.69. The van der Waals surface area contributed by atoms with Gasteiger partial charge in [-0.2, -0.15) is 0 Å².